The third-order valence-corrected chi connectivity index (χ3v) is 2.38. The monoisotopic (exact) mass is 210 g/mol. The fourth-order valence-corrected chi connectivity index (χ4v) is 1.09. The highest BCUT2D eigenvalue weighted by atomic mass is 16.5. The van der Waals surface area contributed by atoms with E-state index in [0.29, 0.717) is 12.4 Å². The van der Waals surface area contributed by atoms with Crippen molar-refractivity contribution < 1.29 is 14.6 Å². The van der Waals surface area contributed by atoms with Crippen molar-refractivity contribution in [3.8, 4) is 11.5 Å². The SMILES string of the molecule is COC(C)(C)CCOc1ccccc1O. The fourth-order valence-electron chi connectivity index (χ4n) is 1.09. The van der Waals surface area contributed by atoms with Crippen molar-refractivity contribution in [3.63, 3.8) is 0 Å². The minimum atomic E-state index is -0.190. The van der Waals surface area contributed by atoms with Gasteiger partial charge in [0.25, 0.3) is 0 Å². The maximum absolute atomic E-state index is 9.44. The number of methoxy groups -OCH3 is 1. The van der Waals surface area contributed by atoms with E-state index >= 15 is 0 Å². The molecule has 0 aliphatic rings. The van der Waals surface area contributed by atoms with Gasteiger partial charge in [0.05, 0.1) is 12.2 Å². The van der Waals surface area contributed by atoms with Gasteiger partial charge in [-0.15, -0.1) is 0 Å². The minimum absolute atomic E-state index is 0.174. The average Bonchev–Trinajstić information content (AvgIpc) is 2.21. The third kappa shape index (κ3) is 3.80. The largest absolute Gasteiger partial charge is 0.504 e. The molecule has 0 heterocycles. The van der Waals surface area contributed by atoms with E-state index in [2.05, 4.69) is 0 Å². The van der Waals surface area contributed by atoms with Gasteiger partial charge in [0.2, 0.25) is 0 Å². The zero-order valence-electron chi connectivity index (χ0n) is 9.49. The number of phenolic OH excluding ortho intramolecular Hbond substituents is 1. The molecule has 0 saturated carbocycles. The lowest BCUT2D eigenvalue weighted by Crippen LogP contribution is -2.25. The lowest BCUT2D eigenvalue weighted by molar-refractivity contribution is 0.00524. The van der Waals surface area contributed by atoms with Crippen molar-refractivity contribution >= 4 is 0 Å². The van der Waals surface area contributed by atoms with Crippen LogP contribution in [-0.4, -0.2) is 24.4 Å². The zero-order valence-corrected chi connectivity index (χ0v) is 9.49. The van der Waals surface area contributed by atoms with Crippen LogP contribution in [0.4, 0.5) is 0 Å². The molecule has 0 saturated heterocycles. The number of benzene rings is 1. The maximum Gasteiger partial charge on any atom is 0.160 e. The number of rotatable bonds is 5. The van der Waals surface area contributed by atoms with E-state index in [0.717, 1.165) is 6.42 Å². The first-order valence-electron chi connectivity index (χ1n) is 5.01. The molecule has 0 aliphatic heterocycles. The van der Waals surface area contributed by atoms with Gasteiger partial charge in [-0.2, -0.15) is 0 Å². The van der Waals surface area contributed by atoms with Crippen LogP contribution in [0.25, 0.3) is 0 Å². The maximum atomic E-state index is 9.44. The molecule has 0 radical (unpaired) electrons. The summed E-state index contributed by atoms with van der Waals surface area (Å²) >= 11 is 0. The average molecular weight is 210 g/mol. The van der Waals surface area contributed by atoms with Gasteiger partial charge in [-0.3, -0.25) is 0 Å². The number of hydrogen-bond acceptors (Lipinski definition) is 3. The number of phenols is 1. The quantitative estimate of drug-likeness (QED) is 0.811. The first-order valence-corrected chi connectivity index (χ1v) is 5.01. The molecule has 1 rings (SSSR count). The number of para-hydroxylation sites is 2. The van der Waals surface area contributed by atoms with Gasteiger partial charge in [0.1, 0.15) is 0 Å². The molecule has 0 atom stereocenters. The zero-order chi connectivity index (χ0) is 11.3. The topological polar surface area (TPSA) is 38.7 Å². The second-order valence-electron chi connectivity index (χ2n) is 4.03. The molecule has 3 heteroatoms. The highest BCUT2D eigenvalue weighted by Gasteiger charge is 2.16. The predicted octanol–water partition coefficient (Wildman–Crippen LogP) is 2.59. The fraction of sp³-hybridized carbons (Fsp3) is 0.500. The molecule has 0 aliphatic carbocycles. The Kier molecular flexibility index (Phi) is 3.97. The van der Waals surface area contributed by atoms with Crippen LogP contribution in [0.3, 0.4) is 0 Å². The highest BCUT2D eigenvalue weighted by molar-refractivity contribution is 5.37. The first kappa shape index (κ1) is 11.9. The van der Waals surface area contributed by atoms with Crippen LogP contribution in [0.5, 0.6) is 11.5 Å². The lowest BCUT2D eigenvalue weighted by atomic mass is 10.1. The molecule has 0 fully saturated rings. The molecule has 0 spiro atoms. The summed E-state index contributed by atoms with van der Waals surface area (Å²) in [6, 6.07) is 6.95. The Bertz CT molecular complexity index is 307. The van der Waals surface area contributed by atoms with E-state index in [1.165, 1.54) is 0 Å². The molecule has 0 aromatic heterocycles. The van der Waals surface area contributed by atoms with Gasteiger partial charge in [0, 0.05) is 13.5 Å². The van der Waals surface area contributed by atoms with E-state index in [1.807, 2.05) is 19.9 Å². The lowest BCUT2D eigenvalue weighted by Gasteiger charge is -2.22. The first-order chi connectivity index (χ1) is 7.05. The normalized spacial score (nSPS) is 11.4. The summed E-state index contributed by atoms with van der Waals surface area (Å²) in [6.07, 6.45) is 0.776. The second-order valence-corrected chi connectivity index (χ2v) is 4.03. The summed E-state index contributed by atoms with van der Waals surface area (Å²) in [6.45, 7) is 4.53. The van der Waals surface area contributed by atoms with E-state index in [4.69, 9.17) is 9.47 Å². The predicted molar refractivity (Wildman–Crippen MR) is 59.3 cm³/mol. The van der Waals surface area contributed by atoms with Crippen molar-refractivity contribution in [1.82, 2.24) is 0 Å². The smallest absolute Gasteiger partial charge is 0.160 e. The van der Waals surface area contributed by atoms with Crippen molar-refractivity contribution in [2.45, 2.75) is 25.9 Å². The van der Waals surface area contributed by atoms with Gasteiger partial charge >= 0.3 is 0 Å². The van der Waals surface area contributed by atoms with E-state index < -0.39 is 0 Å². The number of aromatic hydroxyl groups is 1. The van der Waals surface area contributed by atoms with Crippen molar-refractivity contribution in [3.05, 3.63) is 24.3 Å². The Morgan fingerprint density at radius 2 is 1.93 bits per heavy atom. The minimum Gasteiger partial charge on any atom is -0.504 e. The van der Waals surface area contributed by atoms with Gasteiger partial charge in [0.15, 0.2) is 11.5 Å². The van der Waals surface area contributed by atoms with Gasteiger partial charge in [-0.1, -0.05) is 12.1 Å². The number of hydrogen-bond donors (Lipinski definition) is 1. The molecule has 3 nitrogen and oxygen atoms in total. The Morgan fingerprint density at radius 1 is 1.27 bits per heavy atom. The van der Waals surface area contributed by atoms with Crippen LogP contribution >= 0.6 is 0 Å². The third-order valence-electron chi connectivity index (χ3n) is 2.38. The summed E-state index contributed by atoms with van der Waals surface area (Å²) in [5.74, 6) is 0.692. The molecule has 0 amide bonds. The summed E-state index contributed by atoms with van der Waals surface area (Å²) in [4.78, 5) is 0. The summed E-state index contributed by atoms with van der Waals surface area (Å²) in [5, 5.41) is 9.44. The Labute approximate surface area is 90.6 Å². The summed E-state index contributed by atoms with van der Waals surface area (Å²) in [7, 11) is 1.68. The molecular formula is C12H18O3. The second kappa shape index (κ2) is 5.03. The summed E-state index contributed by atoms with van der Waals surface area (Å²) < 4.78 is 10.7. The van der Waals surface area contributed by atoms with Crippen LogP contribution in [0.1, 0.15) is 20.3 Å². The van der Waals surface area contributed by atoms with E-state index in [1.54, 1.807) is 25.3 Å². The van der Waals surface area contributed by atoms with Crippen LogP contribution in [-0.2, 0) is 4.74 Å². The van der Waals surface area contributed by atoms with Crippen LogP contribution in [0.2, 0.25) is 0 Å². The molecular weight excluding hydrogens is 192 g/mol. The van der Waals surface area contributed by atoms with Crippen LogP contribution < -0.4 is 4.74 Å². The Morgan fingerprint density at radius 3 is 2.53 bits per heavy atom. The van der Waals surface area contributed by atoms with Crippen LogP contribution in [0.15, 0.2) is 24.3 Å². The van der Waals surface area contributed by atoms with Gasteiger partial charge < -0.3 is 14.6 Å². The van der Waals surface area contributed by atoms with E-state index in [-0.39, 0.29) is 11.4 Å². The van der Waals surface area contributed by atoms with Crippen molar-refractivity contribution in [2.75, 3.05) is 13.7 Å². The molecule has 1 aromatic carbocycles. The van der Waals surface area contributed by atoms with Gasteiger partial charge in [-0.05, 0) is 26.0 Å². The molecule has 1 N–H and O–H groups in total. The molecule has 84 valence electrons. The van der Waals surface area contributed by atoms with Crippen molar-refractivity contribution in [1.29, 1.82) is 0 Å². The molecule has 1 aromatic rings. The molecule has 0 bridgehead atoms. The summed E-state index contributed by atoms with van der Waals surface area (Å²) in [5.41, 5.74) is -0.190. The number of ether oxygens (including phenoxy) is 2. The highest BCUT2D eigenvalue weighted by Crippen LogP contribution is 2.25. The molecule has 0 unspecified atom stereocenters. The Balaban J connectivity index is 2.42. The standard InChI is InChI=1S/C12H18O3/c1-12(2,14-3)8-9-15-11-7-5-4-6-10(11)13/h4-7,13H,8-9H2,1-3H3. The molecule has 15 heavy (non-hydrogen) atoms. The van der Waals surface area contributed by atoms with Gasteiger partial charge in [-0.25, -0.2) is 0 Å². The Hall–Kier alpha value is -1.22. The van der Waals surface area contributed by atoms with Crippen LogP contribution in [0, 0.1) is 0 Å². The van der Waals surface area contributed by atoms with E-state index in [9.17, 15) is 5.11 Å². The van der Waals surface area contributed by atoms with Crippen molar-refractivity contribution in [2.24, 2.45) is 0 Å².